The maximum Gasteiger partial charge on any atom is 0.215 e. The molecule has 1 aromatic rings. The highest BCUT2D eigenvalue weighted by atomic mass is 35.5. The van der Waals surface area contributed by atoms with Gasteiger partial charge in [0.25, 0.3) is 0 Å². The molecule has 1 aliphatic heterocycles. The Bertz CT molecular complexity index is 490. The van der Waals surface area contributed by atoms with Crippen molar-refractivity contribution in [1.29, 1.82) is 0 Å². The Labute approximate surface area is 107 Å². The zero-order valence-corrected chi connectivity index (χ0v) is 11.0. The zero-order chi connectivity index (χ0) is 12.3. The lowest BCUT2D eigenvalue weighted by Crippen LogP contribution is -2.33. The van der Waals surface area contributed by atoms with Gasteiger partial charge in [-0.25, -0.2) is 8.42 Å². The fraction of sp³-hybridized carbons (Fsp3) is 0.455. The molecule has 4 nitrogen and oxygen atoms in total. The summed E-state index contributed by atoms with van der Waals surface area (Å²) < 4.78 is 25.4. The average Bonchev–Trinajstić information content (AvgIpc) is 2.41. The van der Waals surface area contributed by atoms with Gasteiger partial charge in [0, 0.05) is 31.2 Å². The van der Waals surface area contributed by atoms with E-state index in [0.717, 1.165) is 5.56 Å². The molecule has 1 fully saturated rings. The average molecular weight is 275 g/mol. The first-order valence-corrected chi connectivity index (χ1v) is 7.50. The van der Waals surface area contributed by atoms with Crippen molar-refractivity contribution in [3.63, 3.8) is 0 Å². The fourth-order valence-electron chi connectivity index (χ4n) is 1.81. The van der Waals surface area contributed by atoms with Crippen LogP contribution in [-0.4, -0.2) is 38.1 Å². The van der Waals surface area contributed by atoms with Crippen LogP contribution in [0.2, 0.25) is 5.02 Å². The van der Waals surface area contributed by atoms with E-state index in [1.165, 1.54) is 4.31 Å². The van der Waals surface area contributed by atoms with E-state index in [-0.39, 0.29) is 5.75 Å². The summed E-state index contributed by atoms with van der Waals surface area (Å²) in [5.41, 5.74) is 0.919. The van der Waals surface area contributed by atoms with Gasteiger partial charge in [0.1, 0.15) is 0 Å². The minimum absolute atomic E-state index is 0.160. The number of nitrogens with zero attached hydrogens (tertiary/aromatic N) is 1. The summed E-state index contributed by atoms with van der Waals surface area (Å²) in [5, 5.41) is 3.72. The highest BCUT2D eigenvalue weighted by molar-refractivity contribution is 7.89. The first kappa shape index (κ1) is 12.8. The highest BCUT2D eigenvalue weighted by Crippen LogP contribution is 2.15. The SMILES string of the molecule is O=S1(=O)CCNCCN1Cc1cccc(Cl)c1. The van der Waals surface area contributed by atoms with E-state index >= 15 is 0 Å². The third-order valence-electron chi connectivity index (χ3n) is 2.72. The summed E-state index contributed by atoms with van der Waals surface area (Å²) in [6.07, 6.45) is 0. The Morgan fingerprint density at radius 1 is 1.35 bits per heavy atom. The number of hydrogen-bond donors (Lipinski definition) is 1. The summed E-state index contributed by atoms with van der Waals surface area (Å²) in [6.45, 7) is 2.12. The molecule has 1 heterocycles. The van der Waals surface area contributed by atoms with Crippen molar-refractivity contribution >= 4 is 21.6 Å². The maximum atomic E-state index is 11.9. The van der Waals surface area contributed by atoms with E-state index in [2.05, 4.69) is 5.32 Å². The molecule has 1 aliphatic rings. The molecule has 0 aromatic heterocycles. The van der Waals surface area contributed by atoms with Crippen molar-refractivity contribution in [2.45, 2.75) is 6.54 Å². The molecular formula is C11H15ClN2O2S. The lowest BCUT2D eigenvalue weighted by atomic mass is 10.2. The smallest absolute Gasteiger partial charge is 0.215 e. The van der Waals surface area contributed by atoms with Crippen LogP contribution in [0.4, 0.5) is 0 Å². The number of rotatable bonds is 2. The van der Waals surface area contributed by atoms with Crippen LogP contribution in [0.25, 0.3) is 0 Å². The van der Waals surface area contributed by atoms with E-state index in [9.17, 15) is 8.42 Å². The standard InChI is InChI=1S/C11H15ClN2O2S/c12-11-3-1-2-10(8-11)9-14-6-4-13-5-7-17(14,15)16/h1-3,8,13H,4-7,9H2. The molecule has 0 unspecified atom stereocenters. The molecular weight excluding hydrogens is 260 g/mol. The lowest BCUT2D eigenvalue weighted by Gasteiger charge is -2.19. The van der Waals surface area contributed by atoms with Crippen LogP contribution in [0.15, 0.2) is 24.3 Å². The van der Waals surface area contributed by atoms with Crippen molar-refractivity contribution in [1.82, 2.24) is 9.62 Å². The van der Waals surface area contributed by atoms with Crippen LogP contribution < -0.4 is 5.32 Å². The summed E-state index contributed by atoms with van der Waals surface area (Å²) >= 11 is 5.89. The molecule has 1 N–H and O–H groups in total. The Balaban J connectivity index is 2.16. The number of sulfonamides is 1. The minimum Gasteiger partial charge on any atom is -0.314 e. The van der Waals surface area contributed by atoms with E-state index in [1.807, 2.05) is 12.1 Å². The van der Waals surface area contributed by atoms with Gasteiger partial charge >= 0.3 is 0 Å². The van der Waals surface area contributed by atoms with E-state index in [4.69, 9.17) is 11.6 Å². The van der Waals surface area contributed by atoms with E-state index in [1.54, 1.807) is 12.1 Å². The third-order valence-corrected chi connectivity index (χ3v) is 4.77. The summed E-state index contributed by atoms with van der Waals surface area (Å²) in [4.78, 5) is 0. The second-order valence-corrected chi connectivity index (χ2v) is 6.55. The van der Waals surface area contributed by atoms with Crippen molar-refractivity contribution in [3.05, 3.63) is 34.9 Å². The van der Waals surface area contributed by atoms with Crippen LogP contribution >= 0.6 is 11.6 Å². The van der Waals surface area contributed by atoms with Gasteiger partial charge in [0.15, 0.2) is 0 Å². The van der Waals surface area contributed by atoms with Gasteiger partial charge < -0.3 is 5.32 Å². The monoisotopic (exact) mass is 274 g/mol. The Kier molecular flexibility index (Phi) is 4.04. The van der Waals surface area contributed by atoms with Crippen molar-refractivity contribution < 1.29 is 8.42 Å². The molecule has 0 saturated carbocycles. The largest absolute Gasteiger partial charge is 0.314 e. The molecule has 1 saturated heterocycles. The molecule has 0 radical (unpaired) electrons. The number of benzene rings is 1. The summed E-state index contributed by atoms with van der Waals surface area (Å²) in [7, 11) is -3.14. The van der Waals surface area contributed by atoms with Gasteiger partial charge in [-0.3, -0.25) is 0 Å². The predicted octanol–water partition coefficient (Wildman–Crippen LogP) is 1.07. The molecule has 0 aliphatic carbocycles. The van der Waals surface area contributed by atoms with Crippen LogP contribution in [0.5, 0.6) is 0 Å². The van der Waals surface area contributed by atoms with E-state index < -0.39 is 10.0 Å². The van der Waals surface area contributed by atoms with Crippen LogP contribution in [0, 0.1) is 0 Å². The number of halogens is 1. The second-order valence-electron chi connectivity index (χ2n) is 4.03. The molecule has 6 heteroatoms. The maximum absolute atomic E-state index is 11.9. The molecule has 1 aromatic carbocycles. The van der Waals surface area contributed by atoms with Gasteiger partial charge in [0.2, 0.25) is 10.0 Å². The highest BCUT2D eigenvalue weighted by Gasteiger charge is 2.23. The van der Waals surface area contributed by atoms with Crippen molar-refractivity contribution in [2.24, 2.45) is 0 Å². The van der Waals surface area contributed by atoms with Crippen LogP contribution in [0.1, 0.15) is 5.56 Å². The van der Waals surface area contributed by atoms with Gasteiger partial charge in [-0.2, -0.15) is 4.31 Å². The predicted molar refractivity (Wildman–Crippen MR) is 68.5 cm³/mol. The van der Waals surface area contributed by atoms with Gasteiger partial charge in [-0.1, -0.05) is 23.7 Å². The Morgan fingerprint density at radius 3 is 2.94 bits per heavy atom. The third kappa shape index (κ3) is 3.42. The second kappa shape index (κ2) is 5.35. The number of hydrogen-bond acceptors (Lipinski definition) is 3. The molecule has 0 atom stereocenters. The molecule has 0 spiro atoms. The van der Waals surface area contributed by atoms with E-state index in [0.29, 0.717) is 31.2 Å². The quantitative estimate of drug-likeness (QED) is 0.878. The first-order valence-electron chi connectivity index (χ1n) is 5.51. The first-order chi connectivity index (χ1) is 8.08. The van der Waals surface area contributed by atoms with Gasteiger partial charge in [0.05, 0.1) is 5.75 Å². The Hall–Kier alpha value is -0.620. The van der Waals surface area contributed by atoms with Crippen LogP contribution in [0.3, 0.4) is 0 Å². The van der Waals surface area contributed by atoms with Gasteiger partial charge in [-0.15, -0.1) is 0 Å². The summed E-state index contributed by atoms with van der Waals surface area (Å²) in [5.74, 6) is 0.160. The zero-order valence-electron chi connectivity index (χ0n) is 9.39. The minimum atomic E-state index is -3.14. The van der Waals surface area contributed by atoms with Crippen molar-refractivity contribution in [2.75, 3.05) is 25.4 Å². The molecule has 17 heavy (non-hydrogen) atoms. The topological polar surface area (TPSA) is 49.4 Å². The van der Waals surface area contributed by atoms with Gasteiger partial charge in [-0.05, 0) is 17.7 Å². The van der Waals surface area contributed by atoms with Crippen molar-refractivity contribution in [3.8, 4) is 0 Å². The Morgan fingerprint density at radius 2 is 2.18 bits per heavy atom. The lowest BCUT2D eigenvalue weighted by molar-refractivity contribution is 0.415. The number of nitrogens with one attached hydrogen (secondary N) is 1. The molecule has 94 valence electrons. The fourth-order valence-corrected chi connectivity index (χ4v) is 3.40. The van der Waals surface area contributed by atoms with Crippen LogP contribution in [-0.2, 0) is 16.6 Å². The summed E-state index contributed by atoms with van der Waals surface area (Å²) in [6, 6.07) is 7.30. The molecule has 0 bridgehead atoms. The molecule has 2 rings (SSSR count). The molecule has 0 amide bonds. The normalized spacial score (nSPS) is 21.0.